The van der Waals surface area contributed by atoms with Gasteiger partial charge in [-0.2, -0.15) is 0 Å². The Labute approximate surface area is 106 Å². The van der Waals surface area contributed by atoms with Gasteiger partial charge in [-0.1, -0.05) is 6.07 Å². The summed E-state index contributed by atoms with van der Waals surface area (Å²) in [6.07, 6.45) is 0.578. The van der Waals surface area contributed by atoms with E-state index in [0.29, 0.717) is 18.5 Å². The molecule has 1 aromatic rings. The first kappa shape index (κ1) is 13.2. The van der Waals surface area contributed by atoms with Crippen molar-refractivity contribution in [2.45, 2.75) is 25.4 Å². The molecule has 0 spiro atoms. The molecule has 1 saturated heterocycles. The third kappa shape index (κ3) is 2.94. The van der Waals surface area contributed by atoms with Crippen LogP contribution in [0, 0.1) is 0 Å². The third-order valence-electron chi connectivity index (χ3n) is 3.28. The van der Waals surface area contributed by atoms with Crippen LogP contribution in [0.1, 0.15) is 18.9 Å². The fraction of sp³-hybridized carbons (Fsp3) is 0.500. The normalized spacial score (nSPS) is 26.3. The van der Waals surface area contributed by atoms with Gasteiger partial charge in [-0.3, -0.25) is 0 Å². The van der Waals surface area contributed by atoms with Gasteiger partial charge in [0.15, 0.2) is 9.84 Å². The van der Waals surface area contributed by atoms with Crippen LogP contribution in [0.25, 0.3) is 0 Å². The molecule has 1 fully saturated rings. The van der Waals surface area contributed by atoms with Crippen molar-refractivity contribution in [3.05, 3.63) is 23.8 Å². The van der Waals surface area contributed by atoms with Gasteiger partial charge in [-0.05, 0) is 19.4 Å². The van der Waals surface area contributed by atoms with Gasteiger partial charge < -0.3 is 15.5 Å². The Bertz CT molecular complexity index is 555. The minimum absolute atomic E-state index is 0.00547. The molecule has 1 unspecified atom stereocenters. The van der Waals surface area contributed by atoms with Gasteiger partial charge in [0, 0.05) is 23.7 Å². The number of phenols is 2. The summed E-state index contributed by atoms with van der Waals surface area (Å²) in [6, 6.07) is 4.37. The lowest BCUT2D eigenvalue weighted by molar-refractivity contribution is 0.387. The van der Waals surface area contributed by atoms with Gasteiger partial charge in [0.25, 0.3) is 0 Å². The van der Waals surface area contributed by atoms with E-state index in [1.165, 1.54) is 12.1 Å². The Morgan fingerprint density at radius 1 is 1.39 bits per heavy atom. The van der Waals surface area contributed by atoms with E-state index < -0.39 is 15.4 Å². The fourth-order valence-electron chi connectivity index (χ4n) is 2.16. The molecule has 18 heavy (non-hydrogen) atoms. The molecule has 1 heterocycles. The van der Waals surface area contributed by atoms with Gasteiger partial charge >= 0.3 is 0 Å². The maximum atomic E-state index is 11.4. The molecular formula is C12H17NO4S. The average molecular weight is 271 g/mol. The maximum Gasteiger partial charge on any atom is 0.152 e. The van der Waals surface area contributed by atoms with Crippen molar-refractivity contribution in [1.82, 2.24) is 5.32 Å². The minimum atomic E-state index is -2.94. The van der Waals surface area contributed by atoms with E-state index in [1.54, 1.807) is 6.07 Å². The number of benzene rings is 1. The first-order valence-corrected chi connectivity index (χ1v) is 7.58. The molecule has 5 nitrogen and oxygen atoms in total. The van der Waals surface area contributed by atoms with E-state index in [2.05, 4.69) is 5.32 Å². The summed E-state index contributed by atoms with van der Waals surface area (Å²) in [5, 5.41) is 22.0. The predicted molar refractivity (Wildman–Crippen MR) is 68.3 cm³/mol. The van der Waals surface area contributed by atoms with Crippen molar-refractivity contribution in [3.8, 4) is 11.5 Å². The molecule has 6 heteroatoms. The van der Waals surface area contributed by atoms with E-state index in [9.17, 15) is 18.6 Å². The molecule has 1 atom stereocenters. The molecule has 1 aliphatic rings. The van der Waals surface area contributed by atoms with Gasteiger partial charge in [-0.15, -0.1) is 0 Å². The number of aromatic hydroxyl groups is 2. The second kappa shape index (κ2) is 4.44. The van der Waals surface area contributed by atoms with E-state index in [-0.39, 0.29) is 23.0 Å². The van der Waals surface area contributed by atoms with Gasteiger partial charge in [0.05, 0.1) is 11.5 Å². The summed E-state index contributed by atoms with van der Waals surface area (Å²) in [5.74, 6) is 0.342. The molecule has 1 aliphatic heterocycles. The Kier molecular flexibility index (Phi) is 3.25. The molecule has 0 saturated carbocycles. The van der Waals surface area contributed by atoms with Crippen LogP contribution in [-0.2, 0) is 16.4 Å². The van der Waals surface area contributed by atoms with Crippen LogP contribution in [0.5, 0.6) is 11.5 Å². The highest BCUT2D eigenvalue weighted by molar-refractivity contribution is 7.91. The highest BCUT2D eigenvalue weighted by Gasteiger charge is 2.37. The zero-order valence-corrected chi connectivity index (χ0v) is 11.0. The van der Waals surface area contributed by atoms with E-state index in [1.807, 2.05) is 6.92 Å². The van der Waals surface area contributed by atoms with E-state index in [0.717, 1.165) is 0 Å². The highest BCUT2D eigenvalue weighted by atomic mass is 32.2. The van der Waals surface area contributed by atoms with Crippen molar-refractivity contribution < 1.29 is 18.6 Å². The second-order valence-electron chi connectivity index (χ2n) is 5.07. The molecule has 2 rings (SSSR count). The molecule has 100 valence electrons. The molecule has 3 N–H and O–H groups in total. The number of sulfone groups is 1. The molecule has 0 aliphatic carbocycles. The smallest absolute Gasteiger partial charge is 0.152 e. The summed E-state index contributed by atoms with van der Waals surface area (Å²) in [4.78, 5) is 0. The number of rotatable bonds is 3. The van der Waals surface area contributed by atoms with Gasteiger partial charge in [0.1, 0.15) is 11.5 Å². The lowest BCUT2D eigenvalue weighted by Crippen LogP contribution is -2.42. The zero-order valence-electron chi connectivity index (χ0n) is 10.2. The summed E-state index contributed by atoms with van der Waals surface area (Å²) >= 11 is 0. The summed E-state index contributed by atoms with van der Waals surface area (Å²) in [5.41, 5.74) is 0.196. The van der Waals surface area contributed by atoms with Crippen LogP contribution in [0.2, 0.25) is 0 Å². The van der Waals surface area contributed by atoms with Crippen molar-refractivity contribution in [3.63, 3.8) is 0 Å². The minimum Gasteiger partial charge on any atom is -0.508 e. The Morgan fingerprint density at radius 3 is 2.67 bits per heavy atom. The van der Waals surface area contributed by atoms with Crippen molar-refractivity contribution in [2.24, 2.45) is 0 Å². The SMILES string of the molecule is CC1(NCc2ccc(O)cc2O)CCS(=O)(=O)C1. The third-order valence-corrected chi connectivity index (χ3v) is 5.18. The second-order valence-corrected chi connectivity index (χ2v) is 7.25. The molecule has 1 aromatic carbocycles. The average Bonchev–Trinajstić information content (AvgIpc) is 2.52. The quantitative estimate of drug-likeness (QED) is 0.755. The van der Waals surface area contributed by atoms with Crippen LogP contribution in [-0.4, -0.2) is 35.7 Å². The predicted octanol–water partition coefficient (Wildman–Crippen LogP) is 0.765. The molecule has 0 bridgehead atoms. The Hall–Kier alpha value is -1.27. The Morgan fingerprint density at radius 2 is 2.11 bits per heavy atom. The van der Waals surface area contributed by atoms with Crippen LogP contribution in [0.4, 0.5) is 0 Å². The molecule has 0 amide bonds. The van der Waals surface area contributed by atoms with E-state index in [4.69, 9.17) is 0 Å². The van der Waals surface area contributed by atoms with Crippen molar-refractivity contribution in [1.29, 1.82) is 0 Å². The van der Waals surface area contributed by atoms with Crippen LogP contribution in [0.3, 0.4) is 0 Å². The lowest BCUT2D eigenvalue weighted by atomic mass is 10.0. The number of hydrogen-bond acceptors (Lipinski definition) is 5. The van der Waals surface area contributed by atoms with Crippen LogP contribution in [0.15, 0.2) is 18.2 Å². The zero-order chi connectivity index (χ0) is 13.4. The monoisotopic (exact) mass is 271 g/mol. The first-order valence-electron chi connectivity index (χ1n) is 5.76. The number of phenolic OH excluding ortho intramolecular Hbond substituents is 2. The lowest BCUT2D eigenvalue weighted by Gasteiger charge is -2.24. The summed E-state index contributed by atoms with van der Waals surface area (Å²) in [6.45, 7) is 2.24. The number of hydrogen-bond donors (Lipinski definition) is 3. The summed E-state index contributed by atoms with van der Waals surface area (Å²) < 4.78 is 22.9. The van der Waals surface area contributed by atoms with Crippen LogP contribution >= 0.6 is 0 Å². The molecule has 0 radical (unpaired) electrons. The number of nitrogens with one attached hydrogen (secondary N) is 1. The largest absolute Gasteiger partial charge is 0.508 e. The highest BCUT2D eigenvalue weighted by Crippen LogP contribution is 2.26. The summed E-state index contributed by atoms with van der Waals surface area (Å²) in [7, 11) is -2.94. The first-order chi connectivity index (χ1) is 8.30. The standard InChI is InChI=1S/C12H17NO4S/c1-12(4-5-18(16,17)8-12)13-7-9-2-3-10(14)6-11(9)15/h2-3,6,13-15H,4-5,7-8H2,1H3. The maximum absolute atomic E-state index is 11.4. The Balaban J connectivity index is 2.04. The van der Waals surface area contributed by atoms with Gasteiger partial charge in [-0.25, -0.2) is 8.42 Å². The molecule has 0 aromatic heterocycles. The van der Waals surface area contributed by atoms with Crippen molar-refractivity contribution >= 4 is 9.84 Å². The van der Waals surface area contributed by atoms with Crippen LogP contribution < -0.4 is 5.32 Å². The van der Waals surface area contributed by atoms with Crippen molar-refractivity contribution in [2.75, 3.05) is 11.5 Å². The van der Waals surface area contributed by atoms with Gasteiger partial charge in [0.2, 0.25) is 0 Å². The topological polar surface area (TPSA) is 86.6 Å². The fourth-order valence-corrected chi connectivity index (χ4v) is 4.28. The van der Waals surface area contributed by atoms with E-state index >= 15 is 0 Å². The molecular weight excluding hydrogens is 254 g/mol.